The Balaban J connectivity index is 1.92. The van der Waals surface area contributed by atoms with Crippen LogP contribution in [0.4, 0.5) is 5.25 Å². The summed E-state index contributed by atoms with van der Waals surface area (Å²) in [4.78, 5) is 0. The molecule has 3 heteroatoms. The van der Waals surface area contributed by atoms with E-state index in [1.807, 2.05) is 60.7 Å². The van der Waals surface area contributed by atoms with E-state index in [0.29, 0.717) is 0 Å². The van der Waals surface area contributed by atoms with Crippen LogP contribution in [-0.2, 0) is 19.5 Å². The van der Waals surface area contributed by atoms with Crippen molar-refractivity contribution in [1.29, 1.82) is 0 Å². The van der Waals surface area contributed by atoms with Crippen LogP contribution in [0.1, 0.15) is 36.4 Å². The fourth-order valence-corrected chi connectivity index (χ4v) is 13.2. The van der Waals surface area contributed by atoms with Crippen LogP contribution in [0.25, 0.3) is 12.2 Å². The molecule has 0 aliphatic heterocycles. The molecule has 2 aromatic rings. The van der Waals surface area contributed by atoms with Gasteiger partial charge in [-0.3, -0.25) is 0 Å². The topological polar surface area (TPSA) is 0 Å². The van der Waals surface area contributed by atoms with E-state index in [2.05, 4.69) is 0 Å². The second kappa shape index (κ2) is 5.01. The van der Waals surface area contributed by atoms with Crippen LogP contribution in [-0.4, -0.2) is 3.71 Å². The summed E-state index contributed by atoms with van der Waals surface area (Å²) in [6.07, 6.45) is 7.20. The van der Waals surface area contributed by atoms with Crippen molar-refractivity contribution in [2.75, 3.05) is 0 Å². The molecule has 0 saturated carbocycles. The molecule has 116 valence electrons. The zero-order valence-electron chi connectivity index (χ0n) is 12.9. The Morgan fingerprint density at radius 2 is 1.22 bits per heavy atom. The van der Waals surface area contributed by atoms with E-state index >= 15 is 5.25 Å². The summed E-state index contributed by atoms with van der Waals surface area (Å²) in [6.45, 7) is 1.56. The molecule has 23 heavy (non-hydrogen) atoms. The van der Waals surface area contributed by atoms with E-state index in [1.165, 1.54) is 3.71 Å². The molecule has 2 aromatic carbocycles. The summed E-state index contributed by atoms with van der Waals surface area (Å²) in [5, 5.41) is 0. The van der Waals surface area contributed by atoms with Gasteiger partial charge in [0.25, 0.3) is 0 Å². The minimum absolute atomic E-state index is 0.738. The zero-order chi connectivity index (χ0) is 16.1. The van der Waals surface area contributed by atoms with Gasteiger partial charge in [-0.05, 0) is 0 Å². The predicted octanol–water partition coefficient (Wildman–Crippen LogP) is 5.80. The fourth-order valence-electron chi connectivity index (χ4n) is 4.01. The second-order valence-electron chi connectivity index (χ2n) is 6.45. The molecule has 0 radical (unpaired) electrons. The Morgan fingerprint density at radius 3 is 1.65 bits per heavy atom. The maximum atomic E-state index is 16.4. The van der Waals surface area contributed by atoms with Crippen LogP contribution >= 0.6 is 0 Å². The first-order valence-corrected chi connectivity index (χ1v) is 14.1. The van der Waals surface area contributed by atoms with Gasteiger partial charge in [-0.25, -0.2) is 0 Å². The molecule has 0 amide bonds. The summed E-state index contributed by atoms with van der Waals surface area (Å²) < 4.78 is 32.5. The van der Waals surface area contributed by atoms with Crippen molar-refractivity contribution in [1.82, 2.24) is 0 Å². The van der Waals surface area contributed by atoms with E-state index in [-0.39, 0.29) is 0 Å². The Hall–Kier alpha value is -1.47. The van der Waals surface area contributed by atoms with E-state index in [4.69, 9.17) is 0 Å². The SMILES string of the molecule is C[CH]=[Zr]([F])([F])([CH]1C=Cc2ccccc21)[CH]1C=Cc2ccccc21. The van der Waals surface area contributed by atoms with E-state index in [9.17, 15) is 0 Å². The van der Waals surface area contributed by atoms with E-state index < -0.39 is 26.8 Å². The Bertz CT molecular complexity index is 847. The van der Waals surface area contributed by atoms with Gasteiger partial charge in [-0.15, -0.1) is 0 Å². The van der Waals surface area contributed by atoms with Crippen molar-refractivity contribution in [2.45, 2.75) is 14.2 Å². The average molecular weight is 388 g/mol. The van der Waals surface area contributed by atoms with Crippen molar-refractivity contribution in [3.63, 3.8) is 0 Å². The van der Waals surface area contributed by atoms with Crippen LogP contribution in [0.5, 0.6) is 0 Å². The molecule has 0 bridgehead atoms. The third kappa shape index (κ3) is 2.06. The van der Waals surface area contributed by atoms with E-state index in [1.54, 1.807) is 19.1 Å². The van der Waals surface area contributed by atoms with Crippen molar-refractivity contribution >= 4 is 15.9 Å². The molecule has 0 nitrogen and oxygen atoms in total. The van der Waals surface area contributed by atoms with Crippen LogP contribution in [0, 0.1) is 0 Å². The van der Waals surface area contributed by atoms with Crippen molar-refractivity contribution < 1.29 is 24.8 Å². The van der Waals surface area contributed by atoms with Gasteiger partial charge in [0.2, 0.25) is 0 Å². The van der Waals surface area contributed by atoms with Gasteiger partial charge in [0.05, 0.1) is 0 Å². The standard InChI is InChI=1S/2C9H7.C2H4.2FH.Zr/c2*1-2-5-9-7-3-6-8(9)4-1;1-2;;;/h2*1-7H;1H,2H3;2*1H;/q;;;;;+2/p-2. The Labute approximate surface area is 137 Å². The zero-order valence-corrected chi connectivity index (χ0v) is 15.4. The second-order valence-corrected chi connectivity index (χ2v) is 17.0. The van der Waals surface area contributed by atoms with Crippen molar-refractivity contribution in [3.05, 3.63) is 82.9 Å². The molecule has 0 saturated heterocycles. The first kappa shape index (κ1) is 15.1. The van der Waals surface area contributed by atoms with E-state index in [0.717, 1.165) is 22.3 Å². The van der Waals surface area contributed by atoms with Crippen LogP contribution in [0.2, 0.25) is 0 Å². The Kier molecular flexibility index (Phi) is 3.29. The molecule has 2 atom stereocenters. The van der Waals surface area contributed by atoms with Gasteiger partial charge in [0.15, 0.2) is 0 Å². The first-order valence-electron chi connectivity index (χ1n) is 7.96. The van der Waals surface area contributed by atoms with Crippen molar-refractivity contribution in [3.8, 4) is 0 Å². The number of hydrogen-bond donors (Lipinski definition) is 0. The number of benzene rings is 2. The summed E-state index contributed by atoms with van der Waals surface area (Å²) in [5.41, 5.74) is 3.45. The van der Waals surface area contributed by atoms with Gasteiger partial charge >= 0.3 is 138 Å². The first-order chi connectivity index (χ1) is 11.0. The monoisotopic (exact) mass is 386 g/mol. The third-order valence-corrected chi connectivity index (χ3v) is 16.4. The molecular formula is C20H18F2Zr. The molecule has 0 heterocycles. The van der Waals surface area contributed by atoms with Gasteiger partial charge in [-0.1, -0.05) is 0 Å². The minimum atomic E-state index is -6.23. The molecule has 0 spiro atoms. The maximum absolute atomic E-state index is 16.4. The van der Waals surface area contributed by atoms with Crippen molar-refractivity contribution in [2.24, 2.45) is 0 Å². The predicted molar refractivity (Wildman–Crippen MR) is 90.4 cm³/mol. The van der Waals surface area contributed by atoms with Gasteiger partial charge in [0.1, 0.15) is 0 Å². The number of rotatable bonds is 2. The summed E-state index contributed by atoms with van der Waals surface area (Å²) in [5.74, 6) is 0. The summed E-state index contributed by atoms with van der Waals surface area (Å²) in [7, 11) is 0. The molecule has 0 fully saturated rings. The van der Waals surface area contributed by atoms with Gasteiger partial charge in [-0.2, -0.15) is 0 Å². The molecular weight excluding hydrogens is 369 g/mol. The molecule has 0 aromatic heterocycles. The number of fused-ring (bicyclic) bond motifs is 2. The van der Waals surface area contributed by atoms with Crippen LogP contribution < -0.4 is 0 Å². The van der Waals surface area contributed by atoms with Crippen LogP contribution in [0.3, 0.4) is 0 Å². The van der Waals surface area contributed by atoms with Crippen LogP contribution in [0.15, 0.2) is 60.7 Å². The van der Waals surface area contributed by atoms with Gasteiger partial charge < -0.3 is 0 Å². The summed E-state index contributed by atoms with van der Waals surface area (Å²) >= 11 is -6.23. The number of hydrogen-bond acceptors (Lipinski definition) is 0. The number of allylic oxidation sites excluding steroid dienone is 2. The molecule has 2 aliphatic carbocycles. The number of halogens is 2. The fraction of sp³-hybridized carbons (Fsp3) is 0.150. The average Bonchev–Trinajstić information content (AvgIpc) is 3.20. The Morgan fingerprint density at radius 1 is 0.783 bits per heavy atom. The molecule has 0 N–H and O–H groups in total. The summed E-state index contributed by atoms with van der Waals surface area (Å²) in [6, 6.07) is 15.1. The third-order valence-electron chi connectivity index (χ3n) is 5.34. The molecule has 2 aliphatic rings. The normalized spacial score (nSPS) is 22.1. The molecule has 4 rings (SSSR count). The van der Waals surface area contributed by atoms with Gasteiger partial charge in [0, 0.05) is 0 Å². The quantitative estimate of drug-likeness (QED) is 0.610. The molecule has 2 unspecified atom stereocenters.